The Morgan fingerprint density at radius 3 is 2.43 bits per heavy atom. The van der Waals surface area contributed by atoms with Crippen LogP contribution in [-0.4, -0.2) is 12.4 Å². The van der Waals surface area contributed by atoms with Crippen LogP contribution < -0.4 is 4.74 Å². The smallest absolute Gasteiger partial charge is 0.160 e. The summed E-state index contributed by atoms with van der Waals surface area (Å²) in [7, 11) is 0. The number of para-hydroxylation sites is 1. The Hall–Kier alpha value is -1.31. The molecule has 14 heavy (non-hydrogen) atoms. The first-order chi connectivity index (χ1) is 6.72. The third-order valence-electron chi connectivity index (χ3n) is 1.89. The van der Waals surface area contributed by atoms with Crippen LogP contribution in [0.3, 0.4) is 0 Å². The lowest BCUT2D eigenvalue weighted by molar-refractivity contribution is -0.114. The summed E-state index contributed by atoms with van der Waals surface area (Å²) in [6.45, 7) is 4.15. The normalized spacial score (nSPS) is 12.5. The average Bonchev–Trinajstić information content (AvgIpc) is 2.17. The molecule has 1 aromatic rings. The zero-order valence-corrected chi connectivity index (χ0v) is 8.64. The predicted octanol–water partition coefficient (Wildman–Crippen LogP) is 2.68. The van der Waals surface area contributed by atoms with Crippen LogP contribution in [0, 0.1) is 5.92 Å². The van der Waals surface area contributed by atoms with E-state index in [1.807, 2.05) is 30.3 Å². The minimum absolute atomic E-state index is 0.322. The van der Waals surface area contributed by atoms with Gasteiger partial charge < -0.3 is 4.74 Å². The maximum absolute atomic E-state index is 10.7. The van der Waals surface area contributed by atoms with Crippen molar-refractivity contribution in [3.8, 4) is 5.75 Å². The summed E-state index contributed by atoms with van der Waals surface area (Å²) in [5, 5.41) is 0. The number of ether oxygens (including phenoxy) is 1. The maximum Gasteiger partial charge on any atom is 0.160 e. The van der Waals surface area contributed by atoms with Crippen molar-refractivity contribution in [2.24, 2.45) is 5.92 Å². The van der Waals surface area contributed by atoms with Crippen molar-refractivity contribution in [1.29, 1.82) is 0 Å². The van der Waals surface area contributed by atoms with Crippen LogP contribution in [-0.2, 0) is 4.79 Å². The fourth-order valence-corrected chi connectivity index (χ4v) is 1.27. The first-order valence-corrected chi connectivity index (χ1v) is 4.89. The van der Waals surface area contributed by atoms with E-state index in [4.69, 9.17) is 4.74 Å². The van der Waals surface area contributed by atoms with Gasteiger partial charge in [0, 0.05) is 0 Å². The molecule has 0 radical (unpaired) electrons. The highest BCUT2D eigenvalue weighted by molar-refractivity contribution is 5.56. The average molecular weight is 192 g/mol. The van der Waals surface area contributed by atoms with Crippen molar-refractivity contribution < 1.29 is 9.53 Å². The number of aldehydes is 1. The van der Waals surface area contributed by atoms with Crippen molar-refractivity contribution in [3.05, 3.63) is 30.3 Å². The molecule has 1 unspecified atom stereocenters. The number of rotatable bonds is 5. The van der Waals surface area contributed by atoms with Crippen molar-refractivity contribution in [1.82, 2.24) is 0 Å². The van der Waals surface area contributed by atoms with E-state index in [1.165, 1.54) is 0 Å². The summed E-state index contributed by atoms with van der Waals surface area (Å²) in [6, 6.07) is 9.43. The molecule has 0 aliphatic heterocycles. The van der Waals surface area contributed by atoms with Gasteiger partial charge >= 0.3 is 0 Å². The Bertz CT molecular complexity index is 267. The Kier molecular flexibility index (Phi) is 4.17. The van der Waals surface area contributed by atoms with Crippen LogP contribution in [0.4, 0.5) is 0 Å². The van der Waals surface area contributed by atoms with E-state index in [0.29, 0.717) is 5.92 Å². The van der Waals surface area contributed by atoms with Gasteiger partial charge in [-0.15, -0.1) is 0 Å². The van der Waals surface area contributed by atoms with Gasteiger partial charge in [-0.1, -0.05) is 32.0 Å². The van der Waals surface area contributed by atoms with Crippen LogP contribution in [0.2, 0.25) is 0 Å². The second-order valence-electron chi connectivity index (χ2n) is 3.73. The minimum Gasteiger partial charge on any atom is -0.483 e. The first-order valence-electron chi connectivity index (χ1n) is 4.89. The molecular weight excluding hydrogens is 176 g/mol. The van der Waals surface area contributed by atoms with Gasteiger partial charge in [0.1, 0.15) is 5.75 Å². The third-order valence-corrected chi connectivity index (χ3v) is 1.89. The molecule has 0 saturated heterocycles. The molecule has 1 aromatic carbocycles. The molecule has 2 heteroatoms. The van der Waals surface area contributed by atoms with Gasteiger partial charge in [-0.25, -0.2) is 0 Å². The van der Waals surface area contributed by atoms with Gasteiger partial charge in [-0.3, -0.25) is 4.79 Å². The molecule has 1 rings (SSSR count). The fraction of sp³-hybridized carbons (Fsp3) is 0.417. The zero-order valence-electron chi connectivity index (χ0n) is 8.64. The number of benzene rings is 1. The second-order valence-corrected chi connectivity index (χ2v) is 3.73. The molecule has 0 spiro atoms. The van der Waals surface area contributed by atoms with Crippen LogP contribution in [0.5, 0.6) is 5.75 Å². The van der Waals surface area contributed by atoms with Crippen molar-refractivity contribution in [3.63, 3.8) is 0 Å². The van der Waals surface area contributed by atoms with Gasteiger partial charge in [0.05, 0.1) is 0 Å². The molecule has 0 aliphatic rings. The molecule has 0 heterocycles. The lowest BCUT2D eigenvalue weighted by atomic mass is 10.1. The third kappa shape index (κ3) is 3.60. The Labute approximate surface area is 84.9 Å². The topological polar surface area (TPSA) is 26.3 Å². The zero-order chi connectivity index (χ0) is 10.4. The lowest BCUT2D eigenvalue weighted by Crippen LogP contribution is -2.20. The minimum atomic E-state index is -0.322. The van der Waals surface area contributed by atoms with Crippen molar-refractivity contribution in [2.45, 2.75) is 26.4 Å². The molecule has 0 aromatic heterocycles. The van der Waals surface area contributed by atoms with Gasteiger partial charge in [0.15, 0.2) is 12.4 Å². The number of hydrogen-bond acceptors (Lipinski definition) is 2. The molecule has 0 saturated carbocycles. The second kappa shape index (κ2) is 5.43. The van der Waals surface area contributed by atoms with E-state index in [-0.39, 0.29) is 6.10 Å². The summed E-state index contributed by atoms with van der Waals surface area (Å²) < 4.78 is 5.51. The Morgan fingerprint density at radius 2 is 1.93 bits per heavy atom. The molecule has 76 valence electrons. The van der Waals surface area contributed by atoms with Gasteiger partial charge in [-0.05, 0) is 24.5 Å². The summed E-state index contributed by atoms with van der Waals surface area (Å²) >= 11 is 0. The van der Waals surface area contributed by atoms with Crippen LogP contribution >= 0.6 is 0 Å². The maximum atomic E-state index is 10.7. The molecule has 0 aliphatic carbocycles. The highest BCUT2D eigenvalue weighted by Gasteiger charge is 2.10. The van der Waals surface area contributed by atoms with Gasteiger partial charge in [-0.2, -0.15) is 0 Å². The van der Waals surface area contributed by atoms with Crippen LogP contribution in [0.15, 0.2) is 30.3 Å². The van der Waals surface area contributed by atoms with Gasteiger partial charge in [0.25, 0.3) is 0 Å². The predicted molar refractivity (Wildman–Crippen MR) is 56.4 cm³/mol. The Balaban J connectivity index is 2.53. The monoisotopic (exact) mass is 192 g/mol. The summed E-state index contributed by atoms with van der Waals surface area (Å²) in [5.41, 5.74) is 0. The number of carbonyl (C=O) groups is 1. The molecule has 0 fully saturated rings. The molecule has 0 amide bonds. The van der Waals surface area contributed by atoms with Crippen molar-refractivity contribution >= 4 is 6.29 Å². The van der Waals surface area contributed by atoms with Crippen LogP contribution in [0.1, 0.15) is 20.3 Å². The van der Waals surface area contributed by atoms with Crippen molar-refractivity contribution in [2.75, 3.05) is 0 Å². The Morgan fingerprint density at radius 1 is 1.29 bits per heavy atom. The highest BCUT2D eigenvalue weighted by Crippen LogP contribution is 2.14. The fourth-order valence-electron chi connectivity index (χ4n) is 1.27. The quantitative estimate of drug-likeness (QED) is 0.670. The molecule has 0 N–H and O–H groups in total. The molecular formula is C12H16O2. The van der Waals surface area contributed by atoms with E-state index in [9.17, 15) is 4.79 Å². The number of carbonyl (C=O) groups excluding carboxylic acids is 1. The standard InChI is InChI=1S/C12H16O2/c1-10(2)8-12(9-13)14-11-6-4-3-5-7-11/h3-7,9-10,12H,8H2,1-2H3. The highest BCUT2D eigenvalue weighted by atomic mass is 16.5. The molecule has 1 atom stereocenters. The summed E-state index contributed by atoms with van der Waals surface area (Å²) in [4.78, 5) is 10.7. The van der Waals surface area contributed by atoms with E-state index in [2.05, 4.69) is 13.8 Å². The van der Waals surface area contributed by atoms with Crippen LogP contribution in [0.25, 0.3) is 0 Å². The number of hydrogen-bond donors (Lipinski definition) is 0. The van der Waals surface area contributed by atoms with E-state index in [1.54, 1.807) is 0 Å². The summed E-state index contributed by atoms with van der Waals surface area (Å²) in [5.74, 6) is 1.22. The van der Waals surface area contributed by atoms with E-state index in [0.717, 1.165) is 18.5 Å². The first kappa shape index (κ1) is 10.8. The van der Waals surface area contributed by atoms with E-state index >= 15 is 0 Å². The van der Waals surface area contributed by atoms with E-state index < -0.39 is 0 Å². The SMILES string of the molecule is CC(C)CC(C=O)Oc1ccccc1. The lowest BCUT2D eigenvalue weighted by Gasteiger charge is -2.15. The molecule has 0 bridgehead atoms. The molecule has 2 nitrogen and oxygen atoms in total. The van der Waals surface area contributed by atoms with Gasteiger partial charge in [0.2, 0.25) is 0 Å². The largest absolute Gasteiger partial charge is 0.483 e. The summed E-state index contributed by atoms with van der Waals surface area (Å²) in [6.07, 6.45) is 1.31.